The van der Waals surface area contributed by atoms with Crippen molar-refractivity contribution in [2.45, 2.75) is 12.3 Å². The fourth-order valence-corrected chi connectivity index (χ4v) is 2.56. The Morgan fingerprint density at radius 3 is 2.46 bits per heavy atom. The van der Waals surface area contributed by atoms with Gasteiger partial charge >= 0.3 is 6.29 Å². The van der Waals surface area contributed by atoms with Crippen LogP contribution in [0.15, 0.2) is 41.4 Å². The first-order valence-corrected chi connectivity index (χ1v) is 6.98. The molecule has 8 heteroatoms. The summed E-state index contributed by atoms with van der Waals surface area (Å²) in [7, 11) is 0. The van der Waals surface area contributed by atoms with E-state index in [1.807, 2.05) is 0 Å². The highest BCUT2D eigenvalue weighted by atomic mass is 19.3. The molecule has 0 amide bonds. The summed E-state index contributed by atoms with van der Waals surface area (Å²) in [5.74, 6) is -1.97. The Balaban J connectivity index is 1.65. The molecule has 0 radical (unpaired) electrons. The molecule has 0 fully saturated rings. The van der Waals surface area contributed by atoms with Crippen molar-refractivity contribution in [1.29, 1.82) is 0 Å². The standard InChI is InChI=1S/C16H9F4NO3/c17-9-2-1-3-10(18)14(9)15-21-11(7-22-15)8-4-5-12-13(6-8)24-16(19,20)23-12/h1-6,11H,7H2. The van der Waals surface area contributed by atoms with Crippen LogP contribution in [0, 0.1) is 11.6 Å². The maximum absolute atomic E-state index is 13.8. The summed E-state index contributed by atoms with van der Waals surface area (Å²) < 4.78 is 67.6. The van der Waals surface area contributed by atoms with Gasteiger partial charge in [0.15, 0.2) is 11.5 Å². The van der Waals surface area contributed by atoms with Gasteiger partial charge in [-0.25, -0.2) is 13.8 Å². The van der Waals surface area contributed by atoms with Gasteiger partial charge in [0.2, 0.25) is 5.90 Å². The average molecular weight is 339 g/mol. The van der Waals surface area contributed by atoms with Crippen molar-refractivity contribution in [2.75, 3.05) is 6.61 Å². The number of alkyl halides is 2. The van der Waals surface area contributed by atoms with Gasteiger partial charge in [-0.15, -0.1) is 8.78 Å². The molecule has 1 unspecified atom stereocenters. The molecule has 0 spiro atoms. The van der Waals surface area contributed by atoms with Crippen LogP contribution in [0.2, 0.25) is 0 Å². The van der Waals surface area contributed by atoms with Gasteiger partial charge in [-0.05, 0) is 29.8 Å². The first-order valence-electron chi connectivity index (χ1n) is 6.98. The van der Waals surface area contributed by atoms with Crippen LogP contribution < -0.4 is 9.47 Å². The largest absolute Gasteiger partial charge is 0.586 e. The van der Waals surface area contributed by atoms with Crippen molar-refractivity contribution in [3.63, 3.8) is 0 Å². The molecule has 0 saturated carbocycles. The van der Waals surface area contributed by atoms with Crippen LogP contribution in [0.5, 0.6) is 11.5 Å². The molecule has 1 atom stereocenters. The van der Waals surface area contributed by atoms with Crippen LogP contribution in [0.3, 0.4) is 0 Å². The Bertz CT molecular complexity index is 833. The van der Waals surface area contributed by atoms with Gasteiger partial charge in [0.05, 0.1) is 0 Å². The van der Waals surface area contributed by atoms with Crippen LogP contribution in [0.1, 0.15) is 17.2 Å². The van der Waals surface area contributed by atoms with E-state index in [1.165, 1.54) is 24.3 Å². The van der Waals surface area contributed by atoms with Crippen molar-refractivity contribution in [2.24, 2.45) is 4.99 Å². The van der Waals surface area contributed by atoms with E-state index < -0.39 is 24.0 Å². The molecular formula is C16H9F4NO3. The maximum atomic E-state index is 13.8. The predicted molar refractivity (Wildman–Crippen MR) is 74.2 cm³/mol. The summed E-state index contributed by atoms with van der Waals surface area (Å²) in [6.07, 6.45) is -3.71. The minimum Gasteiger partial charge on any atom is -0.475 e. The van der Waals surface area contributed by atoms with Gasteiger partial charge in [0.25, 0.3) is 0 Å². The lowest BCUT2D eigenvalue weighted by atomic mass is 10.1. The molecule has 2 aromatic carbocycles. The third-order valence-electron chi connectivity index (χ3n) is 3.64. The van der Waals surface area contributed by atoms with Crippen LogP contribution in [-0.4, -0.2) is 18.8 Å². The van der Waals surface area contributed by atoms with Crippen LogP contribution in [-0.2, 0) is 4.74 Å². The van der Waals surface area contributed by atoms with Gasteiger partial charge in [0, 0.05) is 0 Å². The second-order valence-corrected chi connectivity index (χ2v) is 5.23. The molecule has 2 aromatic rings. The van der Waals surface area contributed by atoms with E-state index >= 15 is 0 Å². The zero-order valence-corrected chi connectivity index (χ0v) is 11.9. The molecule has 0 bridgehead atoms. The Kier molecular flexibility index (Phi) is 3.16. The number of ether oxygens (including phenoxy) is 3. The second kappa shape index (κ2) is 5.12. The zero-order valence-electron chi connectivity index (χ0n) is 11.9. The summed E-state index contributed by atoms with van der Waals surface area (Å²) in [4.78, 5) is 4.14. The molecule has 2 aliphatic rings. The molecular weight excluding hydrogens is 330 g/mol. The lowest BCUT2D eigenvalue weighted by molar-refractivity contribution is -0.286. The van der Waals surface area contributed by atoms with Gasteiger partial charge in [0.1, 0.15) is 29.8 Å². The maximum Gasteiger partial charge on any atom is 0.586 e. The van der Waals surface area contributed by atoms with Crippen LogP contribution in [0.4, 0.5) is 17.6 Å². The Labute approximate surface area is 133 Å². The molecule has 124 valence electrons. The number of aliphatic imine (C=N–C) groups is 1. The molecule has 2 heterocycles. The molecule has 0 saturated heterocycles. The highest BCUT2D eigenvalue weighted by molar-refractivity contribution is 5.95. The van der Waals surface area contributed by atoms with Crippen LogP contribution >= 0.6 is 0 Å². The molecule has 24 heavy (non-hydrogen) atoms. The van der Waals surface area contributed by atoms with E-state index in [2.05, 4.69) is 14.5 Å². The van der Waals surface area contributed by atoms with Crippen molar-refractivity contribution in [3.05, 3.63) is 59.2 Å². The molecule has 4 rings (SSSR count). The smallest absolute Gasteiger partial charge is 0.475 e. The summed E-state index contributed by atoms with van der Waals surface area (Å²) in [5.41, 5.74) is 0.147. The van der Waals surface area contributed by atoms with E-state index in [1.54, 1.807) is 0 Å². The molecule has 4 nitrogen and oxygen atoms in total. The fourth-order valence-electron chi connectivity index (χ4n) is 2.56. The van der Waals surface area contributed by atoms with E-state index in [0.29, 0.717) is 5.56 Å². The highest BCUT2D eigenvalue weighted by Crippen LogP contribution is 2.42. The topological polar surface area (TPSA) is 40.0 Å². The first kappa shape index (κ1) is 14.8. The number of hydrogen-bond donors (Lipinski definition) is 0. The summed E-state index contributed by atoms with van der Waals surface area (Å²) in [6, 6.07) is 7.01. The van der Waals surface area contributed by atoms with Gasteiger partial charge < -0.3 is 14.2 Å². The number of rotatable bonds is 2. The van der Waals surface area contributed by atoms with Crippen molar-refractivity contribution in [3.8, 4) is 11.5 Å². The number of halogens is 4. The first-order chi connectivity index (χ1) is 11.4. The van der Waals surface area contributed by atoms with Gasteiger partial charge in [-0.1, -0.05) is 12.1 Å². The van der Waals surface area contributed by atoms with Crippen molar-refractivity contribution in [1.82, 2.24) is 0 Å². The number of hydrogen-bond acceptors (Lipinski definition) is 4. The van der Waals surface area contributed by atoms with Crippen LogP contribution in [0.25, 0.3) is 0 Å². The third-order valence-corrected chi connectivity index (χ3v) is 3.64. The zero-order chi connectivity index (χ0) is 16.9. The Morgan fingerprint density at radius 2 is 1.71 bits per heavy atom. The normalized spacial score (nSPS) is 20.7. The van der Waals surface area contributed by atoms with Crippen molar-refractivity contribution >= 4 is 5.90 Å². The molecule has 0 aliphatic carbocycles. The SMILES string of the molecule is Fc1cccc(F)c1C1=NC(c2ccc3c(c2)OC(F)(F)O3)CO1. The summed E-state index contributed by atoms with van der Waals surface area (Å²) in [5, 5.41) is 0. The Hall–Kier alpha value is -2.77. The number of nitrogens with zero attached hydrogens (tertiary/aromatic N) is 1. The predicted octanol–water partition coefficient (Wildman–Crippen LogP) is 3.80. The second-order valence-electron chi connectivity index (χ2n) is 5.23. The molecule has 2 aliphatic heterocycles. The highest BCUT2D eigenvalue weighted by Gasteiger charge is 2.43. The number of benzene rings is 2. The molecule has 0 N–H and O–H groups in total. The summed E-state index contributed by atoms with van der Waals surface area (Å²) >= 11 is 0. The summed E-state index contributed by atoms with van der Waals surface area (Å²) in [6.45, 7) is 0.0269. The monoisotopic (exact) mass is 339 g/mol. The van der Waals surface area contributed by atoms with E-state index in [4.69, 9.17) is 4.74 Å². The van der Waals surface area contributed by atoms with Crippen molar-refractivity contribution < 1.29 is 31.8 Å². The minimum absolute atomic E-state index is 0.0269. The lowest BCUT2D eigenvalue weighted by Gasteiger charge is -2.06. The fraction of sp³-hybridized carbons (Fsp3) is 0.188. The molecule has 0 aromatic heterocycles. The Morgan fingerprint density at radius 1 is 1.00 bits per heavy atom. The van der Waals surface area contributed by atoms with Gasteiger partial charge in [-0.2, -0.15) is 0 Å². The van der Waals surface area contributed by atoms with Gasteiger partial charge in [-0.3, -0.25) is 0 Å². The van der Waals surface area contributed by atoms with E-state index in [0.717, 1.165) is 12.1 Å². The third kappa shape index (κ3) is 2.44. The quantitative estimate of drug-likeness (QED) is 0.782. The lowest BCUT2D eigenvalue weighted by Crippen LogP contribution is -2.25. The van der Waals surface area contributed by atoms with E-state index in [9.17, 15) is 17.6 Å². The number of fused-ring (bicyclic) bond motifs is 1. The minimum atomic E-state index is -3.71. The van der Waals surface area contributed by atoms with E-state index in [-0.39, 0.29) is 29.6 Å². The average Bonchev–Trinajstić information content (AvgIpc) is 3.09.